The Bertz CT molecular complexity index is 730. The zero-order valence-electron chi connectivity index (χ0n) is 13.0. The van der Waals surface area contributed by atoms with Crippen molar-refractivity contribution in [3.8, 4) is 0 Å². The second-order valence-electron chi connectivity index (χ2n) is 4.66. The van der Waals surface area contributed by atoms with Crippen molar-refractivity contribution in [2.24, 2.45) is 5.16 Å². The molecule has 0 aromatic heterocycles. The van der Waals surface area contributed by atoms with E-state index in [1.165, 1.54) is 14.2 Å². The van der Waals surface area contributed by atoms with E-state index in [2.05, 4.69) is 10.5 Å². The van der Waals surface area contributed by atoms with Crippen LogP contribution in [0.3, 0.4) is 0 Å². The number of likely N-dealkylation sites (N-methyl/N-ethyl adjacent to an activating group) is 1. The molecule has 2 aromatic rings. The van der Waals surface area contributed by atoms with Gasteiger partial charge in [0.2, 0.25) is 0 Å². The highest BCUT2D eigenvalue weighted by Gasteiger charge is 2.18. The minimum atomic E-state index is -1.21. The highest BCUT2D eigenvalue weighted by atomic mass is 32.2. The lowest BCUT2D eigenvalue weighted by molar-refractivity contribution is -0.114. The topological polar surface area (TPSA) is 67.8 Å². The van der Waals surface area contributed by atoms with Crippen molar-refractivity contribution in [3.05, 3.63) is 65.7 Å². The molecule has 1 amide bonds. The first-order valence-electron chi connectivity index (χ1n) is 7.02. The van der Waals surface area contributed by atoms with Crippen molar-refractivity contribution >= 4 is 22.4 Å². The third-order valence-corrected chi connectivity index (χ3v) is 4.56. The Labute approximate surface area is 137 Å². The van der Waals surface area contributed by atoms with Crippen LogP contribution in [0.15, 0.2) is 64.6 Å². The summed E-state index contributed by atoms with van der Waals surface area (Å²) in [6.45, 7) is 0. The molecule has 2 aromatic carbocycles. The lowest BCUT2D eigenvalue weighted by Gasteiger charge is -2.10. The van der Waals surface area contributed by atoms with E-state index in [0.29, 0.717) is 11.3 Å². The number of rotatable bonds is 6. The summed E-state index contributed by atoms with van der Waals surface area (Å²) in [6, 6.07) is 16.5. The van der Waals surface area contributed by atoms with Gasteiger partial charge in [-0.3, -0.25) is 9.00 Å². The molecule has 23 heavy (non-hydrogen) atoms. The maximum Gasteiger partial charge on any atom is 0.273 e. The molecule has 5 nitrogen and oxygen atoms in total. The van der Waals surface area contributed by atoms with E-state index in [0.717, 1.165) is 10.5 Å². The quantitative estimate of drug-likeness (QED) is 0.651. The van der Waals surface area contributed by atoms with Crippen LogP contribution in [0, 0.1) is 0 Å². The zero-order valence-corrected chi connectivity index (χ0v) is 13.8. The molecule has 0 saturated heterocycles. The molecule has 0 heterocycles. The second kappa shape index (κ2) is 8.24. The van der Waals surface area contributed by atoms with Gasteiger partial charge < -0.3 is 10.2 Å². The van der Waals surface area contributed by atoms with Gasteiger partial charge in [-0.05, 0) is 17.7 Å². The standard InChI is InChI=1S/C17H18N2O3S/c1-18-17(20)16(19-22-2)15-11-7-6-8-13(15)12-23(21)14-9-4-3-5-10-14/h3-11H,12H2,1-2H3,(H,18,20)/b19-16+. The number of carbonyl (C=O) groups excluding carboxylic acids is 1. The average Bonchev–Trinajstić information content (AvgIpc) is 2.60. The molecule has 0 aliphatic heterocycles. The monoisotopic (exact) mass is 330 g/mol. The molecule has 0 fully saturated rings. The molecule has 0 aliphatic rings. The lowest BCUT2D eigenvalue weighted by atomic mass is 10.0. The first kappa shape index (κ1) is 16.9. The summed E-state index contributed by atoms with van der Waals surface area (Å²) in [7, 11) is 1.70. The van der Waals surface area contributed by atoms with Gasteiger partial charge in [0.1, 0.15) is 7.11 Å². The van der Waals surface area contributed by atoms with Gasteiger partial charge >= 0.3 is 0 Å². The molecule has 0 bridgehead atoms. The van der Waals surface area contributed by atoms with Crippen molar-refractivity contribution in [2.45, 2.75) is 10.6 Å². The van der Waals surface area contributed by atoms with Crippen LogP contribution in [0.2, 0.25) is 0 Å². The van der Waals surface area contributed by atoms with Crippen molar-refractivity contribution in [2.75, 3.05) is 14.2 Å². The van der Waals surface area contributed by atoms with E-state index in [1.54, 1.807) is 12.1 Å². The molecule has 0 saturated carbocycles. The average molecular weight is 330 g/mol. The molecular formula is C17H18N2O3S. The van der Waals surface area contributed by atoms with Crippen molar-refractivity contribution in [3.63, 3.8) is 0 Å². The van der Waals surface area contributed by atoms with Gasteiger partial charge in [-0.15, -0.1) is 0 Å². The van der Waals surface area contributed by atoms with Crippen LogP contribution >= 0.6 is 0 Å². The van der Waals surface area contributed by atoms with Crippen LogP contribution in [-0.2, 0) is 26.2 Å². The summed E-state index contributed by atoms with van der Waals surface area (Å²) in [6.07, 6.45) is 0. The minimum Gasteiger partial charge on any atom is -0.398 e. The Morgan fingerprint density at radius 3 is 2.43 bits per heavy atom. The molecule has 2 rings (SSSR count). The fraction of sp³-hybridized carbons (Fsp3) is 0.176. The minimum absolute atomic E-state index is 0.163. The molecular weight excluding hydrogens is 312 g/mol. The maximum atomic E-state index is 12.5. The zero-order chi connectivity index (χ0) is 16.7. The lowest BCUT2D eigenvalue weighted by Crippen LogP contribution is -2.29. The van der Waals surface area contributed by atoms with Gasteiger partial charge in [-0.25, -0.2) is 0 Å². The number of carbonyl (C=O) groups is 1. The van der Waals surface area contributed by atoms with E-state index in [4.69, 9.17) is 4.84 Å². The van der Waals surface area contributed by atoms with E-state index in [1.807, 2.05) is 42.5 Å². The summed E-state index contributed by atoms with van der Waals surface area (Å²) in [5, 5.41) is 6.35. The number of hydrogen-bond donors (Lipinski definition) is 1. The Hall–Kier alpha value is -2.47. The molecule has 120 valence electrons. The van der Waals surface area contributed by atoms with Gasteiger partial charge in [0, 0.05) is 17.5 Å². The number of nitrogens with zero attached hydrogens (tertiary/aromatic N) is 1. The highest BCUT2D eigenvalue weighted by molar-refractivity contribution is 7.84. The van der Waals surface area contributed by atoms with E-state index in [9.17, 15) is 9.00 Å². The Morgan fingerprint density at radius 1 is 1.13 bits per heavy atom. The number of hydrogen-bond acceptors (Lipinski definition) is 4. The summed E-state index contributed by atoms with van der Waals surface area (Å²) in [5.74, 6) is -0.0651. The van der Waals surface area contributed by atoms with E-state index < -0.39 is 10.8 Å². The van der Waals surface area contributed by atoms with Crippen molar-refractivity contribution < 1.29 is 13.8 Å². The summed E-state index contributed by atoms with van der Waals surface area (Å²) in [4.78, 5) is 17.5. The summed E-state index contributed by atoms with van der Waals surface area (Å²) >= 11 is 0. The predicted molar refractivity (Wildman–Crippen MR) is 90.6 cm³/mol. The van der Waals surface area contributed by atoms with Gasteiger partial charge in [0.05, 0.1) is 16.6 Å². The van der Waals surface area contributed by atoms with Crippen LogP contribution in [0.5, 0.6) is 0 Å². The van der Waals surface area contributed by atoms with Gasteiger partial charge in [-0.2, -0.15) is 0 Å². The highest BCUT2D eigenvalue weighted by Crippen LogP contribution is 2.17. The van der Waals surface area contributed by atoms with Crippen molar-refractivity contribution in [1.82, 2.24) is 5.32 Å². The normalized spacial score (nSPS) is 12.5. The summed E-state index contributed by atoms with van der Waals surface area (Å²) in [5.41, 5.74) is 1.54. The molecule has 1 atom stereocenters. The summed E-state index contributed by atoms with van der Waals surface area (Å²) < 4.78 is 12.5. The van der Waals surface area contributed by atoms with Crippen molar-refractivity contribution in [1.29, 1.82) is 0 Å². The second-order valence-corrected chi connectivity index (χ2v) is 6.11. The third kappa shape index (κ3) is 4.26. The third-order valence-electron chi connectivity index (χ3n) is 3.19. The number of oxime groups is 1. The van der Waals surface area contributed by atoms with Gasteiger partial charge in [-0.1, -0.05) is 47.6 Å². The molecule has 1 unspecified atom stereocenters. The molecule has 0 spiro atoms. The van der Waals surface area contributed by atoms with E-state index >= 15 is 0 Å². The maximum absolute atomic E-state index is 12.5. The number of nitrogens with one attached hydrogen (secondary N) is 1. The van der Waals surface area contributed by atoms with Gasteiger partial charge in [0.25, 0.3) is 5.91 Å². The first-order valence-corrected chi connectivity index (χ1v) is 8.34. The predicted octanol–water partition coefficient (Wildman–Crippen LogP) is 2.09. The first-order chi connectivity index (χ1) is 11.2. The molecule has 0 radical (unpaired) electrons. The molecule has 6 heteroatoms. The smallest absolute Gasteiger partial charge is 0.273 e. The molecule has 0 aliphatic carbocycles. The van der Waals surface area contributed by atoms with Crippen LogP contribution < -0.4 is 5.32 Å². The number of amides is 1. The SMILES string of the molecule is CNC(=O)/C(=N/OC)c1ccccc1CS(=O)c1ccccc1. The fourth-order valence-electron chi connectivity index (χ4n) is 2.10. The fourth-order valence-corrected chi connectivity index (χ4v) is 3.26. The van der Waals surface area contributed by atoms with Crippen LogP contribution in [-0.4, -0.2) is 30.0 Å². The Kier molecular flexibility index (Phi) is 6.05. The van der Waals surface area contributed by atoms with Gasteiger partial charge in [0.15, 0.2) is 5.71 Å². The van der Waals surface area contributed by atoms with E-state index in [-0.39, 0.29) is 11.6 Å². The Morgan fingerprint density at radius 2 is 1.78 bits per heavy atom. The largest absolute Gasteiger partial charge is 0.398 e. The van der Waals surface area contributed by atoms with Crippen LogP contribution in [0.1, 0.15) is 11.1 Å². The molecule has 1 N–H and O–H groups in total. The van der Waals surface area contributed by atoms with Crippen LogP contribution in [0.4, 0.5) is 0 Å². The Balaban J connectivity index is 2.36. The van der Waals surface area contributed by atoms with Crippen LogP contribution in [0.25, 0.3) is 0 Å². The number of benzene rings is 2.